The Hall–Kier alpha value is -1.28. The van der Waals surface area contributed by atoms with E-state index in [4.69, 9.17) is 11.5 Å². The molecule has 0 aromatic carbocycles. The van der Waals surface area contributed by atoms with E-state index in [-0.39, 0.29) is 41.3 Å². The molecule has 96 valence electrons. The SMILES string of the molecule is CN(CC(=O)CC(=O)CN(C)C(N)=S)C(N)=S. The molecule has 4 N–H and O–H groups in total. The molecule has 0 aliphatic carbocycles. The molecule has 6 nitrogen and oxygen atoms in total. The van der Waals surface area contributed by atoms with Gasteiger partial charge in [-0.3, -0.25) is 9.59 Å². The van der Waals surface area contributed by atoms with E-state index >= 15 is 0 Å². The molecule has 0 aromatic heterocycles. The Bertz CT molecular complexity index is 314. The highest BCUT2D eigenvalue weighted by atomic mass is 32.1. The molecule has 0 spiro atoms. The molecular weight excluding hydrogens is 260 g/mol. The highest BCUT2D eigenvalue weighted by molar-refractivity contribution is 7.80. The molecular formula is C9H16N4O2S2. The number of nitrogens with two attached hydrogens (primary N) is 2. The van der Waals surface area contributed by atoms with E-state index in [1.165, 1.54) is 9.80 Å². The molecule has 0 aliphatic heterocycles. The number of likely N-dealkylation sites (N-methyl/N-ethyl adjacent to an activating group) is 2. The van der Waals surface area contributed by atoms with E-state index in [1.807, 2.05) is 0 Å². The third-order valence-electron chi connectivity index (χ3n) is 1.97. The van der Waals surface area contributed by atoms with Crippen LogP contribution < -0.4 is 11.5 Å². The fourth-order valence-electron chi connectivity index (χ4n) is 1.02. The second-order valence-electron chi connectivity index (χ2n) is 3.64. The summed E-state index contributed by atoms with van der Waals surface area (Å²) < 4.78 is 0. The summed E-state index contributed by atoms with van der Waals surface area (Å²) in [6.07, 6.45) is -0.181. The van der Waals surface area contributed by atoms with Gasteiger partial charge in [0.05, 0.1) is 19.5 Å². The molecule has 0 heterocycles. The summed E-state index contributed by atoms with van der Waals surface area (Å²) >= 11 is 9.36. The second kappa shape index (κ2) is 7.13. The van der Waals surface area contributed by atoms with Gasteiger partial charge in [-0.25, -0.2) is 0 Å². The molecule has 0 bridgehead atoms. The van der Waals surface area contributed by atoms with Crippen molar-refractivity contribution in [1.29, 1.82) is 0 Å². The van der Waals surface area contributed by atoms with Gasteiger partial charge >= 0.3 is 0 Å². The van der Waals surface area contributed by atoms with Gasteiger partial charge in [0, 0.05) is 14.1 Å². The Morgan fingerprint density at radius 1 is 0.941 bits per heavy atom. The summed E-state index contributed by atoms with van der Waals surface area (Å²) in [5.41, 5.74) is 10.6. The Balaban J connectivity index is 4.09. The lowest BCUT2D eigenvalue weighted by molar-refractivity contribution is -0.127. The summed E-state index contributed by atoms with van der Waals surface area (Å²) in [6, 6.07) is 0. The summed E-state index contributed by atoms with van der Waals surface area (Å²) in [5, 5.41) is 0.233. The van der Waals surface area contributed by atoms with E-state index in [0.29, 0.717) is 0 Å². The lowest BCUT2D eigenvalue weighted by Gasteiger charge is -2.17. The van der Waals surface area contributed by atoms with Crippen LogP contribution >= 0.6 is 24.4 Å². The van der Waals surface area contributed by atoms with Gasteiger partial charge in [-0.2, -0.15) is 0 Å². The fraction of sp³-hybridized carbons (Fsp3) is 0.556. The van der Waals surface area contributed by atoms with E-state index < -0.39 is 0 Å². The first kappa shape index (κ1) is 15.7. The van der Waals surface area contributed by atoms with Crippen LogP contribution in [-0.2, 0) is 9.59 Å². The molecule has 0 fully saturated rings. The number of Topliss-reactive ketones (excluding diaryl/α,β-unsaturated/α-hetero) is 2. The topological polar surface area (TPSA) is 92.7 Å². The van der Waals surface area contributed by atoms with Crippen molar-refractivity contribution in [1.82, 2.24) is 9.80 Å². The summed E-state index contributed by atoms with van der Waals surface area (Å²) in [5.74, 6) is -0.497. The fourth-order valence-corrected chi connectivity index (χ4v) is 1.15. The summed E-state index contributed by atoms with van der Waals surface area (Å²) in [6.45, 7) is 0.0513. The average molecular weight is 276 g/mol. The molecule has 0 unspecified atom stereocenters. The normalized spacial score (nSPS) is 9.53. The lowest BCUT2D eigenvalue weighted by atomic mass is 10.2. The smallest absolute Gasteiger partial charge is 0.166 e. The van der Waals surface area contributed by atoms with Crippen LogP contribution in [0.2, 0.25) is 0 Å². The molecule has 0 saturated heterocycles. The number of thiocarbonyl (C=S) groups is 2. The van der Waals surface area contributed by atoms with Crippen LogP contribution in [0.25, 0.3) is 0 Å². The molecule has 8 heteroatoms. The Morgan fingerprint density at radius 2 is 1.24 bits per heavy atom. The van der Waals surface area contributed by atoms with Crippen molar-refractivity contribution >= 4 is 46.2 Å². The van der Waals surface area contributed by atoms with Crippen LogP contribution in [0.15, 0.2) is 0 Å². The van der Waals surface area contributed by atoms with E-state index in [1.54, 1.807) is 14.1 Å². The third kappa shape index (κ3) is 6.80. The van der Waals surface area contributed by atoms with Crippen LogP contribution in [0.3, 0.4) is 0 Å². The van der Waals surface area contributed by atoms with E-state index in [0.717, 1.165) is 0 Å². The molecule has 0 atom stereocenters. The predicted molar refractivity (Wildman–Crippen MR) is 73.5 cm³/mol. The maximum Gasteiger partial charge on any atom is 0.166 e. The minimum Gasteiger partial charge on any atom is -0.376 e. The number of ketones is 2. The van der Waals surface area contributed by atoms with Gasteiger partial charge in [0.25, 0.3) is 0 Å². The van der Waals surface area contributed by atoms with Gasteiger partial charge in [0.15, 0.2) is 21.8 Å². The Kier molecular flexibility index (Phi) is 6.59. The van der Waals surface area contributed by atoms with Crippen LogP contribution in [0.1, 0.15) is 6.42 Å². The number of carbonyl (C=O) groups is 2. The first-order valence-corrected chi connectivity index (χ1v) is 5.60. The summed E-state index contributed by atoms with van der Waals surface area (Å²) in [7, 11) is 3.18. The quantitative estimate of drug-likeness (QED) is 0.465. The van der Waals surface area contributed by atoms with Crippen molar-refractivity contribution in [2.45, 2.75) is 6.42 Å². The first-order chi connectivity index (χ1) is 7.73. The maximum absolute atomic E-state index is 11.5. The number of rotatable bonds is 6. The predicted octanol–water partition coefficient (Wildman–Crippen LogP) is -1.13. The number of nitrogens with zero attached hydrogens (tertiary/aromatic N) is 2. The van der Waals surface area contributed by atoms with E-state index in [9.17, 15) is 9.59 Å². The van der Waals surface area contributed by atoms with Crippen molar-refractivity contribution in [2.75, 3.05) is 27.2 Å². The molecule has 17 heavy (non-hydrogen) atoms. The standard InChI is InChI=1S/C9H16N4O2S2/c1-12(8(10)16)4-6(14)3-7(15)5-13(2)9(11)17/h3-5H2,1-2H3,(H2,10,16)(H2,11,17). The van der Waals surface area contributed by atoms with Crippen molar-refractivity contribution in [2.24, 2.45) is 11.5 Å². The highest BCUT2D eigenvalue weighted by Gasteiger charge is 2.14. The molecule has 0 saturated carbocycles. The van der Waals surface area contributed by atoms with Gasteiger partial charge < -0.3 is 21.3 Å². The molecule has 0 aromatic rings. The Labute approximate surface area is 111 Å². The largest absolute Gasteiger partial charge is 0.376 e. The third-order valence-corrected chi connectivity index (χ3v) is 2.60. The van der Waals surface area contributed by atoms with Gasteiger partial charge in [0.1, 0.15) is 0 Å². The maximum atomic E-state index is 11.5. The Morgan fingerprint density at radius 3 is 1.47 bits per heavy atom. The molecule has 0 amide bonds. The van der Waals surface area contributed by atoms with Gasteiger partial charge in [-0.1, -0.05) is 0 Å². The van der Waals surface area contributed by atoms with E-state index in [2.05, 4.69) is 24.4 Å². The van der Waals surface area contributed by atoms with Gasteiger partial charge in [-0.05, 0) is 24.4 Å². The highest BCUT2D eigenvalue weighted by Crippen LogP contribution is 1.93. The molecule has 0 rings (SSSR count). The molecule has 0 aliphatic rings. The van der Waals surface area contributed by atoms with Gasteiger partial charge in [-0.15, -0.1) is 0 Å². The monoisotopic (exact) mass is 276 g/mol. The zero-order valence-electron chi connectivity index (χ0n) is 9.80. The van der Waals surface area contributed by atoms with Gasteiger partial charge in [0.2, 0.25) is 0 Å². The number of carbonyl (C=O) groups excluding carboxylic acids is 2. The van der Waals surface area contributed by atoms with Crippen LogP contribution in [0.4, 0.5) is 0 Å². The number of hydrogen-bond acceptors (Lipinski definition) is 4. The van der Waals surface area contributed by atoms with Crippen molar-refractivity contribution in [3.8, 4) is 0 Å². The molecule has 0 radical (unpaired) electrons. The zero-order valence-corrected chi connectivity index (χ0v) is 11.4. The average Bonchev–Trinajstić information content (AvgIpc) is 2.16. The van der Waals surface area contributed by atoms with Crippen molar-refractivity contribution in [3.63, 3.8) is 0 Å². The van der Waals surface area contributed by atoms with Crippen LogP contribution in [-0.4, -0.2) is 58.8 Å². The van der Waals surface area contributed by atoms with Crippen LogP contribution in [0, 0.1) is 0 Å². The lowest BCUT2D eigenvalue weighted by Crippen LogP contribution is -2.39. The zero-order chi connectivity index (χ0) is 13.6. The minimum atomic E-state index is -0.248. The number of hydrogen-bond donors (Lipinski definition) is 2. The van der Waals surface area contributed by atoms with Crippen molar-refractivity contribution in [3.05, 3.63) is 0 Å². The van der Waals surface area contributed by atoms with Crippen molar-refractivity contribution < 1.29 is 9.59 Å². The first-order valence-electron chi connectivity index (χ1n) is 4.78. The summed E-state index contributed by atoms with van der Waals surface area (Å²) in [4.78, 5) is 25.7. The van der Waals surface area contributed by atoms with Crippen LogP contribution in [0.5, 0.6) is 0 Å². The second-order valence-corrected chi connectivity index (χ2v) is 4.48. The minimum absolute atomic E-state index is 0.0257.